The molecule has 158 valence electrons. The van der Waals surface area contributed by atoms with Crippen molar-refractivity contribution >= 4 is 34.1 Å². The Morgan fingerprint density at radius 1 is 1.23 bits per heavy atom. The molecule has 0 radical (unpaired) electrons. The quantitative estimate of drug-likeness (QED) is 0.231. The van der Waals surface area contributed by atoms with Gasteiger partial charge in [0.2, 0.25) is 11.8 Å². The molecule has 3 heterocycles. The van der Waals surface area contributed by atoms with Gasteiger partial charge in [-0.1, -0.05) is 12.2 Å². The van der Waals surface area contributed by atoms with Crippen LogP contribution in [0.3, 0.4) is 0 Å². The molecule has 9 heteroatoms. The van der Waals surface area contributed by atoms with Crippen LogP contribution < -0.4 is 10.6 Å². The number of amides is 2. The standard InChI is InChI=1S/C21H26N6O2S/c1-2-22-20(24-11-15-12-26-8-9-30-21(26)25-15)23-6-3-7-27-18(28)16-13-4-5-14(10-13)17(16)19(27)29/h4-5,8-9,12-14,16-17H,2-3,6-7,10-11H2,1H3,(H2,22,23,24). The maximum atomic E-state index is 12.7. The lowest BCUT2D eigenvalue weighted by molar-refractivity contribution is -0.140. The molecule has 2 bridgehead atoms. The summed E-state index contributed by atoms with van der Waals surface area (Å²) in [7, 11) is 0. The fraction of sp³-hybridized carbons (Fsp3) is 0.524. The molecular formula is C21H26N6O2S. The van der Waals surface area contributed by atoms with E-state index in [4.69, 9.17) is 0 Å². The first kappa shape index (κ1) is 19.3. The Morgan fingerprint density at radius 3 is 2.70 bits per heavy atom. The van der Waals surface area contributed by atoms with Crippen molar-refractivity contribution in [2.75, 3.05) is 19.6 Å². The number of imide groups is 1. The summed E-state index contributed by atoms with van der Waals surface area (Å²) in [6.07, 6.45) is 9.91. The number of carbonyl (C=O) groups excluding carboxylic acids is 2. The smallest absolute Gasteiger partial charge is 0.233 e. The molecule has 2 fully saturated rings. The second kappa shape index (κ2) is 7.86. The van der Waals surface area contributed by atoms with E-state index < -0.39 is 0 Å². The van der Waals surface area contributed by atoms with Crippen LogP contribution in [0.1, 0.15) is 25.5 Å². The fourth-order valence-electron chi connectivity index (χ4n) is 4.98. The van der Waals surface area contributed by atoms with Gasteiger partial charge in [-0.25, -0.2) is 9.98 Å². The Hall–Kier alpha value is -2.68. The number of nitrogens with zero attached hydrogens (tertiary/aromatic N) is 4. The average molecular weight is 427 g/mol. The summed E-state index contributed by atoms with van der Waals surface area (Å²) >= 11 is 1.60. The van der Waals surface area contributed by atoms with E-state index in [1.165, 1.54) is 4.90 Å². The molecule has 1 saturated heterocycles. The second-order valence-corrected chi connectivity index (χ2v) is 9.00. The molecule has 5 rings (SSSR count). The Balaban J connectivity index is 1.13. The minimum absolute atomic E-state index is 0.0298. The number of aromatic nitrogens is 2. The summed E-state index contributed by atoms with van der Waals surface area (Å²) in [6.45, 7) is 4.38. The molecule has 0 aromatic carbocycles. The zero-order chi connectivity index (χ0) is 20.7. The van der Waals surface area contributed by atoms with Gasteiger partial charge in [-0.15, -0.1) is 11.3 Å². The third kappa shape index (κ3) is 3.30. The van der Waals surface area contributed by atoms with Crippen LogP contribution in [0.15, 0.2) is 34.9 Å². The van der Waals surface area contributed by atoms with Crippen molar-refractivity contribution in [2.45, 2.75) is 26.3 Å². The topological polar surface area (TPSA) is 91.1 Å². The molecule has 2 N–H and O–H groups in total. The second-order valence-electron chi connectivity index (χ2n) is 8.13. The van der Waals surface area contributed by atoms with Gasteiger partial charge in [0, 0.05) is 37.4 Å². The number of nitrogens with one attached hydrogen (secondary N) is 2. The molecule has 3 aliphatic rings. The van der Waals surface area contributed by atoms with Gasteiger partial charge in [-0.3, -0.25) is 18.9 Å². The molecule has 1 saturated carbocycles. The van der Waals surface area contributed by atoms with Gasteiger partial charge < -0.3 is 10.6 Å². The number of rotatable bonds is 7. The average Bonchev–Trinajstić information content (AvgIpc) is 3.52. The van der Waals surface area contributed by atoms with Crippen molar-refractivity contribution in [1.29, 1.82) is 0 Å². The van der Waals surface area contributed by atoms with Gasteiger partial charge >= 0.3 is 0 Å². The highest BCUT2D eigenvalue weighted by atomic mass is 32.1. The molecule has 2 amide bonds. The van der Waals surface area contributed by atoms with Crippen molar-refractivity contribution in [2.24, 2.45) is 28.7 Å². The van der Waals surface area contributed by atoms with E-state index in [0.717, 1.165) is 23.6 Å². The van der Waals surface area contributed by atoms with E-state index in [9.17, 15) is 9.59 Å². The third-order valence-corrected chi connectivity index (χ3v) is 7.07. The molecule has 0 spiro atoms. The van der Waals surface area contributed by atoms with Crippen LogP contribution in [0.25, 0.3) is 4.96 Å². The Kier molecular flexibility index (Phi) is 5.06. The lowest BCUT2D eigenvalue weighted by Crippen LogP contribution is -2.40. The van der Waals surface area contributed by atoms with Crippen LogP contribution in [0.2, 0.25) is 0 Å². The molecule has 2 aromatic heterocycles. The molecule has 1 aliphatic heterocycles. The summed E-state index contributed by atoms with van der Waals surface area (Å²) in [4.78, 5) is 37.1. The molecule has 2 aromatic rings. The number of hydrogen-bond donors (Lipinski definition) is 2. The predicted molar refractivity (Wildman–Crippen MR) is 115 cm³/mol. The van der Waals surface area contributed by atoms with Crippen molar-refractivity contribution in [3.05, 3.63) is 35.6 Å². The number of thiazole rings is 1. The first-order valence-electron chi connectivity index (χ1n) is 10.6. The number of hydrogen-bond acceptors (Lipinski definition) is 5. The summed E-state index contributed by atoms with van der Waals surface area (Å²) in [5.74, 6) is 1.10. The zero-order valence-corrected chi connectivity index (χ0v) is 17.8. The number of fused-ring (bicyclic) bond motifs is 6. The van der Waals surface area contributed by atoms with Crippen molar-refractivity contribution in [3.63, 3.8) is 0 Å². The van der Waals surface area contributed by atoms with E-state index >= 15 is 0 Å². The first-order valence-corrected chi connectivity index (χ1v) is 11.5. The summed E-state index contributed by atoms with van der Waals surface area (Å²) in [5, 5.41) is 8.53. The summed E-state index contributed by atoms with van der Waals surface area (Å²) in [5.41, 5.74) is 0.919. The van der Waals surface area contributed by atoms with Crippen LogP contribution in [0.4, 0.5) is 0 Å². The molecule has 8 nitrogen and oxygen atoms in total. The number of imidazole rings is 1. The lowest BCUT2D eigenvalue weighted by Gasteiger charge is -2.18. The zero-order valence-electron chi connectivity index (χ0n) is 17.0. The molecule has 30 heavy (non-hydrogen) atoms. The normalized spacial score (nSPS) is 27.5. The number of carbonyl (C=O) groups is 2. The van der Waals surface area contributed by atoms with E-state index in [1.54, 1.807) is 11.3 Å². The van der Waals surface area contributed by atoms with Gasteiger partial charge in [-0.05, 0) is 31.6 Å². The van der Waals surface area contributed by atoms with Crippen molar-refractivity contribution < 1.29 is 9.59 Å². The highest BCUT2D eigenvalue weighted by Gasteiger charge is 2.58. The van der Waals surface area contributed by atoms with Crippen LogP contribution in [-0.2, 0) is 16.1 Å². The van der Waals surface area contributed by atoms with Gasteiger partial charge in [0.15, 0.2) is 10.9 Å². The highest BCUT2D eigenvalue weighted by molar-refractivity contribution is 7.15. The van der Waals surface area contributed by atoms with Crippen LogP contribution in [-0.4, -0.2) is 51.7 Å². The van der Waals surface area contributed by atoms with Crippen molar-refractivity contribution in [1.82, 2.24) is 24.9 Å². The Labute approximate surface area is 179 Å². The van der Waals surface area contributed by atoms with E-state index in [2.05, 4.69) is 32.8 Å². The monoisotopic (exact) mass is 426 g/mol. The number of likely N-dealkylation sites (tertiary alicyclic amines) is 1. The minimum Gasteiger partial charge on any atom is -0.357 e. The van der Waals surface area contributed by atoms with Gasteiger partial charge in [0.25, 0.3) is 0 Å². The molecule has 4 atom stereocenters. The van der Waals surface area contributed by atoms with E-state index in [1.807, 2.05) is 29.1 Å². The SMILES string of the molecule is CCNC(=NCc1cn2ccsc2n1)NCCCN1C(=O)C2C3C=CC(C3)C2C1=O. The maximum Gasteiger partial charge on any atom is 0.233 e. The van der Waals surface area contributed by atoms with Crippen LogP contribution >= 0.6 is 11.3 Å². The summed E-state index contributed by atoms with van der Waals surface area (Å²) < 4.78 is 2.00. The lowest BCUT2D eigenvalue weighted by atomic mass is 9.85. The van der Waals surface area contributed by atoms with Gasteiger partial charge in [0.05, 0.1) is 24.1 Å². The molecular weight excluding hydrogens is 400 g/mol. The largest absolute Gasteiger partial charge is 0.357 e. The molecule has 4 unspecified atom stereocenters. The van der Waals surface area contributed by atoms with Gasteiger partial charge in [0.1, 0.15) is 0 Å². The minimum atomic E-state index is -0.108. The number of guanidine groups is 1. The number of aliphatic imine (C=N–C) groups is 1. The maximum absolute atomic E-state index is 12.7. The predicted octanol–water partition coefficient (Wildman–Crippen LogP) is 1.65. The summed E-state index contributed by atoms with van der Waals surface area (Å²) in [6, 6.07) is 0. The Morgan fingerprint density at radius 2 is 2.00 bits per heavy atom. The molecule has 2 aliphatic carbocycles. The van der Waals surface area contributed by atoms with Gasteiger partial charge in [-0.2, -0.15) is 0 Å². The van der Waals surface area contributed by atoms with E-state index in [0.29, 0.717) is 32.0 Å². The van der Waals surface area contributed by atoms with E-state index in [-0.39, 0.29) is 35.5 Å². The third-order valence-electron chi connectivity index (χ3n) is 6.30. The number of allylic oxidation sites excluding steroid dienone is 2. The van der Waals surface area contributed by atoms with Crippen molar-refractivity contribution in [3.8, 4) is 0 Å². The van der Waals surface area contributed by atoms with Crippen LogP contribution in [0, 0.1) is 23.7 Å². The fourth-order valence-corrected chi connectivity index (χ4v) is 5.70. The van der Waals surface area contributed by atoms with Crippen LogP contribution in [0.5, 0.6) is 0 Å². The first-order chi connectivity index (χ1) is 14.7. The Bertz CT molecular complexity index is 965. The highest BCUT2D eigenvalue weighted by Crippen LogP contribution is 2.52.